The van der Waals surface area contributed by atoms with Gasteiger partial charge in [-0.15, -0.1) is 0 Å². The summed E-state index contributed by atoms with van der Waals surface area (Å²) in [7, 11) is 0. The lowest BCUT2D eigenvalue weighted by atomic mass is 10.1. The number of amides is 1. The lowest BCUT2D eigenvalue weighted by Gasteiger charge is -2.37. The predicted molar refractivity (Wildman–Crippen MR) is 155 cm³/mol. The summed E-state index contributed by atoms with van der Waals surface area (Å²) in [4.78, 5) is 47.9. The van der Waals surface area contributed by atoms with Crippen LogP contribution in [0.4, 0.5) is 61.0 Å². The number of nitrogens with zero attached hydrogens (tertiary/aromatic N) is 3. The van der Waals surface area contributed by atoms with Gasteiger partial charge in [-0.25, -0.2) is 18.8 Å². The van der Waals surface area contributed by atoms with Crippen LogP contribution in [0.2, 0.25) is 0 Å². The van der Waals surface area contributed by atoms with Crippen molar-refractivity contribution in [2.75, 3.05) is 41.3 Å². The van der Waals surface area contributed by atoms with E-state index in [1.54, 1.807) is 19.1 Å². The third-order valence-electron chi connectivity index (χ3n) is 5.96. The van der Waals surface area contributed by atoms with Crippen molar-refractivity contribution < 1.29 is 78.4 Å². The number of hydrogen-bond donors (Lipinski definition) is 4. The molecule has 0 saturated carbocycles. The van der Waals surface area contributed by atoms with Crippen molar-refractivity contribution in [1.29, 1.82) is 0 Å². The largest absolute Gasteiger partial charge is 0.490 e. The topological polar surface area (TPSA) is 160 Å². The molecule has 0 atom stereocenters. The number of aliphatic carboxylic acids is 3. The molecule has 2 heterocycles. The summed E-state index contributed by atoms with van der Waals surface area (Å²) in [5, 5.41) is 24.1. The number of aromatic nitrogens is 1. The molecule has 274 valence electrons. The molecule has 1 amide bonds. The molecule has 1 aromatic heterocycles. The minimum Gasteiger partial charge on any atom is -0.475 e. The number of pyridine rings is 1. The predicted octanol–water partition coefficient (Wildman–Crippen LogP) is 6.01. The van der Waals surface area contributed by atoms with Crippen LogP contribution in [0.5, 0.6) is 0 Å². The van der Waals surface area contributed by atoms with Crippen LogP contribution < -0.4 is 15.1 Å². The lowest BCUT2D eigenvalue weighted by Crippen LogP contribution is -2.46. The van der Waals surface area contributed by atoms with Crippen molar-refractivity contribution >= 4 is 40.9 Å². The maximum absolute atomic E-state index is 13.7. The standard InChI is InChI=1S/C23H23FN4O.3C2HF3O2/c1-17-2-5-19(16-22(17)24)26-23(29)18-3-6-20(7-4-18)27-12-14-28(15-13-27)21-8-10-25-11-9-21;3*3-2(4,5)1(6)7/h2-11,16H,12-15H2,1H3,(H,26,29);3*(H,6,7). The summed E-state index contributed by atoms with van der Waals surface area (Å²) in [5.74, 6) is -8.85. The van der Waals surface area contributed by atoms with E-state index in [0.717, 1.165) is 31.9 Å². The Hall–Kier alpha value is -5.63. The van der Waals surface area contributed by atoms with Gasteiger partial charge in [0.05, 0.1) is 0 Å². The molecule has 1 aliphatic heterocycles. The van der Waals surface area contributed by atoms with Crippen molar-refractivity contribution in [1.82, 2.24) is 4.98 Å². The van der Waals surface area contributed by atoms with Crippen molar-refractivity contribution in [3.05, 3.63) is 83.9 Å². The fraction of sp³-hybridized carbons (Fsp3) is 0.276. The monoisotopic (exact) mass is 732 g/mol. The Kier molecular flexibility index (Phi) is 15.4. The van der Waals surface area contributed by atoms with Gasteiger partial charge in [-0.05, 0) is 61.0 Å². The van der Waals surface area contributed by atoms with Gasteiger partial charge in [-0.1, -0.05) is 6.07 Å². The highest BCUT2D eigenvalue weighted by molar-refractivity contribution is 6.04. The van der Waals surface area contributed by atoms with Crippen molar-refractivity contribution in [3.8, 4) is 0 Å². The molecule has 21 heteroatoms. The summed E-state index contributed by atoms with van der Waals surface area (Å²) in [6.45, 7) is 5.39. The van der Waals surface area contributed by atoms with E-state index in [-0.39, 0.29) is 11.7 Å². The number of carboxylic acid groups (broad SMARTS) is 3. The summed E-state index contributed by atoms with van der Waals surface area (Å²) < 4.78 is 109. The molecule has 2 aromatic carbocycles. The Labute approximate surface area is 275 Å². The zero-order chi connectivity index (χ0) is 38.4. The summed E-state index contributed by atoms with van der Waals surface area (Å²) in [6.07, 6.45) is -11.6. The van der Waals surface area contributed by atoms with Gasteiger partial charge in [-0.3, -0.25) is 9.78 Å². The van der Waals surface area contributed by atoms with Gasteiger partial charge in [0.2, 0.25) is 0 Å². The van der Waals surface area contributed by atoms with Gasteiger partial charge in [0.1, 0.15) is 5.82 Å². The van der Waals surface area contributed by atoms with Crippen LogP contribution >= 0.6 is 0 Å². The number of carbonyl (C=O) groups excluding carboxylic acids is 1. The highest BCUT2D eigenvalue weighted by Gasteiger charge is 2.39. The first kappa shape index (κ1) is 42.4. The van der Waals surface area contributed by atoms with E-state index in [0.29, 0.717) is 16.8 Å². The highest BCUT2D eigenvalue weighted by atomic mass is 19.4. The molecular formula is C29H26F10N4O7. The first-order valence-corrected chi connectivity index (χ1v) is 13.4. The maximum Gasteiger partial charge on any atom is 0.490 e. The zero-order valence-electron chi connectivity index (χ0n) is 25.3. The summed E-state index contributed by atoms with van der Waals surface area (Å²) >= 11 is 0. The van der Waals surface area contributed by atoms with Gasteiger partial charge in [0.25, 0.3) is 5.91 Å². The Bertz CT molecular complexity index is 1520. The number of nitrogens with one attached hydrogen (secondary N) is 1. The molecule has 0 spiro atoms. The van der Waals surface area contributed by atoms with Gasteiger partial charge in [0.15, 0.2) is 0 Å². The second-order valence-electron chi connectivity index (χ2n) is 9.55. The number of alkyl halides is 9. The number of carbonyl (C=O) groups is 4. The third kappa shape index (κ3) is 15.1. The number of benzene rings is 2. The fourth-order valence-electron chi connectivity index (χ4n) is 3.48. The fourth-order valence-corrected chi connectivity index (χ4v) is 3.48. The van der Waals surface area contributed by atoms with Crippen LogP contribution in [-0.4, -0.2) is 88.8 Å². The number of rotatable bonds is 4. The third-order valence-corrected chi connectivity index (χ3v) is 5.96. The second kappa shape index (κ2) is 18.2. The Balaban J connectivity index is 0.000000486. The van der Waals surface area contributed by atoms with Crippen molar-refractivity contribution in [2.24, 2.45) is 0 Å². The van der Waals surface area contributed by atoms with Crippen molar-refractivity contribution in [2.45, 2.75) is 25.5 Å². The van der Waals surface area contributed by atoms with Crippen LogP contribution in [0, 0.1) is 12.7 Å². The van der Waals surface area contributed by atoms with Gasteiger partial charge in [-0.2, -0.15) is 39.5 Å². The maximum atomic E-state index is 13.7. The molecule has 1 fully saturated rings. The molecule has 0 aliphatic carbocycles. The Morgan fingerprint density at radius 3 is 1.34 bits per heavy atom. The quantitative estimate of drug-likeness (QED) is 0.234. The first-order chi connectivity index (χ1) is 22.9. The smallest absolute Gasteiger partial charge is 0.475 e. The van der Waals surface area contributed by atoms with Crippen molar-refractivity contribution in [3.63, 3.8) is 0 Å². The van der Waals surface area contributed by atoms with Crippen LogP contribution in [0.1, 0.15) is 15.9 Å². The molecule has 0 radical (unpaired) electrons. The van der Waals surface area contributed by atoms with Crippen LogP contribution in [-0.2, 0) is 14.4 Å². The average Bonchev–Trinajstić information content (AvgIpc) is 3.03. The molecule has 11 nitrogen and oxygen atoms in total. The zero-order valence-corrected chi connectivity index (χ0v) is 25.3. The van der Waals surface area contributed by atoms with E-state index in [9.17, 15) is 48.7 Å². The number of anilines is 3. The number of hydrogen-bond acceptors (Lipinski definition) is 7. The second-order valence-corrected chi connectivity index (χ2v) is 9.55. The van der Waals surface area contributed by atoms with E-state index in [2.05, 4.69) is 20.1 Å². The number of halogens is 10. The van der Waals surface area contributed by atoms with E-state index in [1.165, 1.54) is 11.8 Å². The summed E-state index contributed by atoms with van der Waals surface area (Å²) in [5.41, 5.74) is 3.84. The minimum absolute atomic E-state index is 0.248. The number of aryl methyl sites for hydroxylation is 1. The molecule has 50 heavy (non-hydrogen) atoms. The van der Waals surface area contributed by atoms with Gasteiger partial charge in [0, 0.05) is 61.2 Å². The van der Waals surface area contributed by atoms with Crippen LogP contribution in [0.25, 0.3) is 0 Å². The van der Waals surface area contributed by atoms with Crippen LogP contribution in [0.15, 0.2) is 67.0 Å². The number of piperazine rings is 1. The Morgan fingerprint density at radius 2 is 1.00 bits per heavy atom. The molecule has 1 aliphatic rings. The molecule has 0 bridgehead atoms. The SMILES string of the molecule is Cc1ccc(NC(=O)c2ccc(N3CCN(c4ccncc4)CC3)cc2)cc1F.O=C(O)C(F)(F)F.O=C(O)C(F)(F)F.O=C(O)C(F)(F)F. The number of carboxylic acids is 3. The van der Waals surface area contributed by atoms with E-state index in [4.69, 9.17) is 29.7 Å². The molecule has 3 aromatic rings. The molecule has 4 N–H and O–H groups in total. The normalized spacial score (nSPS) is 12.9. The molecule has 0 unspecified atom stereocenters. The van der Waals surface area contributed by atoms with Gasteiger partial charge < -0.3 is 30.4 Å². The van der Waals surface area contributed by atoms with E-state index < -0.39 is 36.4 Å². The average molecular weight is 733 g/mol. The lowest BCUT2D eigenvalue weighted by molar-refractivity contribution is -0.193. The summed E-state index contributed by atoms with van der Waals surface area (Å²) in [6, 6.07) is 16.3. The van der Waals surface area contributed by atoms with Gasteiger partial charge >= 0.3 is 36.4 Å². The highest BCUT2D eigenvalue weighted by Crippen LogP contribution is 2.22. The Morgan fingerprint density at radius 1 is 0.640 bits per heavy atom. The first-order valence-electron chi connectivity index (χ1n) is 13.4. The molecular weight excluding hydrogens is 706 g/mol. The molecule has 4 rings (SSSR count). The molecule has 1 saturated heterocycles. The van der Waals surface area contributed by atoms with E-state index in [1.807, 2.05) is 48.8 Å². The van der Waals surface area contributed by atoms with Crippen LogP contribution in [0.3, 0.4) is 0 Å². The van der Waals surface area contributed by atoms with E-state index >= 15 is 0 Å². The minimum atomic E-state index is -5.08.